The van der Waals surface area contributed by atoms with Crippen LogP contribution in [0.1, 0.15) is 25.0 Å². The summed E-state index contributed by atoms with van der Waals surface area (Å²) < 4.78 is 0. The van der Waals surface area contributed by atoms with Crippen molar-refractivity contribution >= 4 is 17.6 Å². The van der Waals surface area contributed by atoms with Crippen LogP contribution in [0.25, 0.3) is 0 Å². The van der Waals surface area contributed by atoms with Gasteiger partial charge in [-0.2, -0.15) is 0 Å². The van der Waals surface area contributed by atoms with E-state index in [1.165, 1.54) is 5.56 Å². The third-order valence-corrected chi connectivity index (χ3v) is 2.82. The number of anilines is 2. The van der Waals surface area contributed by atoms with Gasteiger partial charge in [-0.25, -0.2) is 0 Å². The molecule has 0 aliphatic carbocycles. The van der Waals surface area contributed by atoms with Crippen LogP contribution in [-0.2, 0) is 6.54 Å². The Kier molecular flexibility index (Phi) is 2.83. The van der Waals surface area contributed by atoms with Crippen LogP contribution in [0.15, 0.2) is 17.1 Å². The highest BCUT2D eigenvalue weighted by atomic mass is 16.3. The lowest BCUT2D eigenvalue weighted by atomic mass is 10.1. The molecular formula is C13H19N3O. The fraction of sp³-hybridized carbons (Fsp3) is 0.462. The number of aliphatic hydroxyl groups is 1. The first kappa shape index (κ1) is 11.9. The van der Waals surface area contributed by atoms with Gasteiger partial charge in [0, 0.05) is 19.8 Å². The Bertz CT molecular complexity index is 460. The summed E-state index contributed by atoms with van der Waals surface area (Å²) in [4.78, 5) is 6.20. The molecule has 0 saturated heterocycles. The molecule has 2 rings (SSSR count). The molecule has 1 aromatic rings. The van der Waals surface area contributed by atoms with Crippen molar-refractivity contribution in [2.24, 2.45) is 4.99 Å². The number of nitrogen functional groups attached to an aromatic ring is 1. The molecule has 3 N–H and O–H groups in total. The second-order valence-electron chi connectivity index (χ2n) is 5.25. The standard InChI is InChI=1S/C13H19N3O/c1-13(2,17)8-16(3)12-5-10-7-15-6-9(10)4-11(12)14/h4-6,17H,7-8,14H2,1-3H3. The lowest BCUT2D eigenvalue weighted by Crippen LogP contribution is -2.36. The van der Waals surface area contributed by atoms with E-state index in [0.29, 0.717) is 6.54 Å². The molecule has 0 unspecified atom stereocenters. The molecule has 0 saturated carbocycles. The van der Waals surface area contributed by atoms with Crippen LogP contribution in [0.4, 0.5) is 11.4 Å². The number of fused-ring (bicyclic) bond motifs is 1. The molecule has 4 heteroatoms. The lowest BCUT2D eigenvalue weighted by Gasteiger charge is -2.28. The number of aliphatic imine (C=N–C) groups is 1. The minimum atomic E-state index is -0.739. The summed E-state index contributed by atoms with van der Waals surface area (Å²) in [5.41, 5.74) is 9.26. The number of likely N-dealkylation sites (N-methyl/N-ethyl adjacent to an activating group) is 1. The predicted octanol–water partition coefficient (Wildman–Crippen LogP) is 1.41. The summed E-state index contributed by atoms with van der Waals surface area (Å²) in [6.45, 7) is 4.84. The van der Waals surface area contributed by atoms with Gasteiger partial charge in [-0.1, -0.05) is 0 Å². The Labute approximate surface area is 102 Å². The molecule has 0 bridgehead atoms. The molecule has 0 spiro atoms. The van der Waals surface area contributed by atoms with Crippen molar-refractivity contribution in [3.8, 4) is 0 Å². The van der Waals surface area contributed by atoms with Crippen molar-refractivity contribution in [3.63, 3.8) is 0 Å². The first-order valence-corrected chi connectivity index (χ1v) is 5.72. The Morgan fingerprint density at radius 1 is 1.47 bits per heavy atom. The zero-order valence-electron chi connectivity index (χ0n) is 10.6. The number of hydrogen-bond donors (Lipinski definition) is 2. The molecule has 0 atom stereocenters. The van der Waals surface area contributed by atoms with Crippen molar-refractivity contribution in [1.82, 2.24) is 0 Å². The minimum absolute atomic E-state index is 0.539. The maximum atomic E-state index is 9.83. The summed E-state index contributed by atoms with van der Waals surface area (Å²) in [6, 6.07) is 4.01. The predicted molar refractivity (Wildman–Crippen MR) is 71.7 cm³/mol. The van der Waals surface area contributed by atoms with Crippen LogP contribution in [0, 0.1) is 0 Å². The third-order valence-electron chi connectivity index (χ3n) is 2.82. The van der Waals surface area contributed by atoms with E-state index in [9.17, 15) is 5.11 Å². The molecule has 0 aromatic heterocycles. The molecule has 0 fully saturated rings. The van der Waals surface area contributed by atoms with E-state index in [1.54, 1.807) is 13.8 Å². The highest BCUT2D eigenvalue weighted by Gasteiger charge is 2.19. The van der Waals surface area contributed by atoms with E-state index in [0.717, 1.165) is 23.5 Å². The van der Waals surface area contributed by atoms with E-state index in [2.05, 4.69) is 11.1 Å². The molecule has 0 radical (unpaired) electrons. The SMILES string of the molecule is CN(CC(C)(C)O)c1cc2c(cc1N)C=NC2. The van der Waals surface area contributed by atoms with Gasteiger partial charge in [0.15, 0.2) is 0 Å². The highest BCUT2D eigenvalue weighted by Crippen LogP contribution is 2.29. The summed E-state index contributed by atoms with van der Waals surface area (Å²) in [5, 5.41) is 9.83. The third kappa shape index (κ3) is 2.58. The molecule has 1 heterocycles. The topological polar surface area (TPSA) is 61.8 Å². The van der Waals surface area contributed by atoms with Gasteiger partial charge in [-0.05, 0) is 37.1 Å². The molecule has 17 heavy (non-hydrogen) atoms. The number of benzene rings is 1. The van der Waals surface area contributed by atoms with Gasteiger partial charge in [0.2, 0.25) is 0 Å². The summed E-state index contributed by atoms with van der Waals surface area (Å²) >= 11 is 0. The molecule has 0 amide bonds. The van der Waals surface area contributed by atoms with Crippen molar-refractivity contribution in [1.29, 1.82) is 0 Å². The largest absolute Gasteiger partial charge is 0.397 e. The van der Waals surface area contributed by atoms with Crippen LogP contribution < -0.4 is 10.6 Å². The molecule has 4 nitrogen and oxygen atoms in total. The smallest absolute Gasteiger partial charge is 0.0765 e. The number of nitrogens with two attached hydrogens (primary N) is 1. The van der Waals surface area contributed by atoms with Crippen molar-refractivity contribution in [2.75, 3.05) is 24.2 Å². The molecule has 1 aromatic carbocycles. The highest BCUT2D eigenvalue weighted by molar-refractivity contribution is 5.88. The van der Waals surface area contributed by atoms with Gasteiger partial charge in [0.25, 0.3) is 0 Å². The van der Waals surface area contributed by atoms with E-state index < -0.39 is 5.60 Å². The fourth-order valence-electron chi connectivity index (χ4n) is 2.16. The van der Waals surface area contributed by atoms with Gasteiger partial charge >= 0.3 is 0 Å². The van der Waals surface area contributed by atoms with Crippen LogP contribution in [0.3, 0.4) is 0 Å². The quantitative estimate of drug-likeness (QED) is 0.776. The van der Waals surface area contributed by atoms with Gasteiger partial charge in [-0.3, -0.25) is 4.99 Å². The Balaban J connectivity index is 2.28. The fourth-order valence-corrected chi connectivity index (χ4v) is 2.16. The maximum absolute atomic E-state index is 9.83. The number of hydrogen-bond acceptors (Lipinski definition) is 4. The Morgan fingerprint density at radius 2 is 2.18 bits per heavy atom. The van der Waals surface area contributed by atoms with Gasteiger partial charge < -0.3 is 15.7 Å². The van der Waals surface area contributed by atoms with Crippen molar-refractivity contribution in [2.45, 2.75) is 26.0 Å². The van der Waals surface area contributed by atoms with Crippen LogP contribution in [0.2, 0.25) is 0 Å². The zero-order chi connectivity index (χ0) is 12.6. The molecular weight excluding hydrogens is 214 g/mol. The first-order chi connectivity index (χ1) is 7.87. The van der Waals surface area contributed by atoms with Crippen LogP contribution in [-0.4, -0.2) is 30.5 Å². The summed E-state index contributed by atoms with van der Waals surface area (Å²) in [6.07, 6.45) is 1.85. The molecule has 1 aliphatic rings. The zero-order valence-corrected chi connectivity index (χ0v) is 10.6. The monoisotopic (exact) mass is 233 g/mol. The van der Waals surface area contributed by atoms with Crippen LogP contribution >= 0.6 is 0 Å². The molecule has 92 valence electrons. The summed E-state index contributed by atoms with van der Waals surface area (Å²) in [7, 11) is 1.94. The maximum Gasteiger partial charge on any atom is 0.0765 e. The van der Waals surface area contributed by atoms with Gasteiger partial charge in [0.05, 0.1) is 23.5 Å². The average Bonchev–Trinajstić information content (AvgIpc) is 2.60. The molecule has 1 aliphatic heterocycles. The normalized spacial score (nSPS) is 13.9. The van der Waals surface area contributed by atoms with Crippen molar-refractivity contribution in [3.05, 3.63) is 23.3 Å². The van der Waals surface area contributed by atoms with Gasteiger partial charge in [-0.15, -0.1) is 0 Å². The van der Waals surface area contributed by atoms with Crippen molar-refractivity contribution < 1.29 is 5.11 Å². The van der Waals surface area contributed by atoms with E-state index in [1.807, 2.05) is 24.2 Å². The minimum Gasteiger partial charge on any atom is -0.397 e. The Morgan fingerprint density at radius 3 is 2.82 bits per heavy atom. The second-order valence-corrected chi connectivity index (χ2v) is 5.25. The van der Waals surface area contributed by atoms with Crippen LogP contribution in [0.5, 0.6) is 0 Å². The van der Waals surface area contributed by atoms with Gasteiger partial charge in [0.1, 0.15) is 0 Å². The lowest BCUT2D eigenvalue weighted by molar-refractivity contribution is 0.0886. The number of rotatable bonds is 3. The van der Waals surface area contributed by atoms with E-state index >= 15 is 0 Å². The summed E-state index contributed by atoms with van der Waals surface area (Å²) in [5.74, 6) is 0. The Hall–Kier alpha value is -1.55. The van der Waals surface area contributed by atoms with E-state index in [-0.39, 0.29) is 0 Å². The van der Waals surface area contributed by atoms with E-state index in [4.69, 9.17) is 5.73 Å². The second kappa shape index (κ2) is 4.04. The first-order valence-electron chi connectivity index (χ1n) is 5.72. The average molecular weight is 233 g/mol. The number of nitrogens with zero attached hydrogens (tertiary/aromatic N) is 2.